The number of alkyl halides is 3. The molecular formula is C23H36F3N5O5S. The van der Waals surface area contributed by atoms with E-state index in [1.54, 1.807) is 0 Å². The van der Waals surface area contributed by atoms with Crippen molar-refractivity contribution in [2.24, 2.45) is 23.2 Å². The van der Waals surface area contributed by atoms with Crippen molar-refractivity contribution in [3.05, 3.63) is 0 Å². The van der Waals surface area contributed by atoms with Crippen molar-refractivity contribution in [2.75, 3.05) is 13.1 Å². The van der Waals surface area contributed by atoms with Gasteiger partial charge in [-0.1, -0.05) is 34.6 Å². The molecule has 0 bridgehead atoms. The largest absolute Gasteiger partial charge is 0.511 e. The van der Waals surface area contributed by atoms with Crippen LogP contribution in [0.5, 0.6) is 0 Å². The second-order valence-electron chi connectivity index (χ2n) is 11.1. The molecule has 37 heavy (non-hydrogen) atoms. The second kappa shape index (κ2) is 11.6. The van der Waals surface area contributed by atoms with E-state index in [0.717, 1.165) is 4.90 Å². The van der Waals surface area contributed by atoms with Crippen LogP contribution in [-0.4, -0.2) is 67.8 Å². The van der Waals surface area contributed by atoms with E-state index in [1.165, 1.54) is 18.6 Å². The zero-order valence-electron chi connectivity index (χ0n) is 21.7. The predicted octanol–water partition coefficient (Wildman–Crippen LogP) is 1.64. The third kappa shape index (κ3) is 7.56. The van der Waals surface area contributed by atoms with Crippen molar-refractivity contribution in [2.45, 2.75) is 83.9 Å². The molecule has 0 radical (unpaired) electrons. The lowest BCUT2D eigenvalue weighted by Crippen LogP contribution is -2.61. The van der Waals surface area contributed by atoms with Gasteiger partial charge in [0, 0.05) is 19.0 Å². The van der Waals surface area contributed by atoms with E-state index in [4.69, 9.17) is 0 Å². The van der Waals surface area contributed by atoms with Gasteiger partial charge in [-0.3, -0.25) is 14.4 Å². The molecule has 14 heteroatoms. The number of rotatable bonds is 8. The standard InChI is InChI=1S/C23H36F3N5O5S/c1-13(2)18(30-37(35,36)23(24,25)26)21(34)31-9-7-15(22(3,4)5)11-17(31)20(33)29-16(12-27)10-14-6-8-28-19(14)32/h13-18,30H,6-11H2,1-5H3,(H,28,32)(H,29,33)/t14-,15+,16?,17-,18?/m0/s1. The molecule has 5 atom stereocenters. The predicted molar refractivity (Wildman–Crippen MR) is 128 cm³/mol. The Balaban J connectivity index is 2.32. The van der Waals surface area contributed by atoms with Gasteiger partial charge in [-0.05, 0) is 42.9 Å². The summed E-state index contributed by atoms with van der Waals surface area (Å²) in [4.78, 5) is 39.8. The number of amides is 3. The van der Waals surface area contributed by atoms with Gasteiger partial charge in [0.25, 0.3) is 0 Å². The number of halogens is 3. The summed E-state index contributed by atoms with van der Waals surface area (Å²) >= 11 is 0. The highest BCUT2D eigenvalue weighted by Gasteiger charge is 2.50. The number of hydrogen-bond acceptors (Lipinski definition) is 6. The topological polar surface area (TPSA) is 148 Å². The minimum absolute atomic E-state index is 0.0259. The first-order valence-corrected chi connectivity index (χ1v) is 13.7. The summed E-state index contributed by atoms with van der Waals surface area (Å²) < 4.78 is 64.1. The Bertz CT molecular complexity index is 1020. The smallest absolute Gasteiger partial charge is 0.356 e. The highest BCUT2D eigenvalue weighted by atomic mass is 32.2. The monoisotopic (exact) mass is 551 g/mol. The molecule has 0 aliphatic carbocycles. The number of hydrogen-bond donors (Lipinski definition) is 3. The second-order valence-corrected chi connectivity index (χ2v) is 12.8. The van der Waals surface area contributed by atoms with Gasteiger partial charge in [0.1, 0.15) is 18.1 Å². The highest BCUT2D eigenvalue weighted by molar-refractivity contribution is 7.90. The number of nitriles is 1. The number of carbonyl (C=O) groups excluding carboxylic acids is 3. The minimum Gasteiger partial charge on any atom is -0.356 e. The van der Waals surface area contributed by atoms with Crippen LogP contribution in [-0.2, 0) is 24.4 Å². The fourth-order valence-corrected chi connectivity index (χ4v) is 5.56. The molecule has 3 amide bonds. The number of sulfonamides is 1. The van der Waals surface area contributed by atoms with E-state index < -0.39 is 57.3 Å². The number of piperidine rings is 1. The summed E-state index contributed by atoms with van der Waals surface area (Å²) in [6.07, 6.45) is 1.24. The molecule has 0 aromatic heterocycles. The van der Waals surface area contributed by atoms with E-state index in [-0.39, 0.29) is 36.6 Å². The maximum Gasteiger partial charge on any atom is 0.511 e. The molecule has 0 spiro atoms. The summed E-state index contributed by atoms with van der Waals surface area (Å²) in [6.45, 7) is 9.20. The molecule has 2 rings (SSSR count). The molecule has 210 valence electrons. The maximum absolute atomic E-state index is 13.4. The van der Waals surface area contributed by atoms with Gasteiger partial charge >= 0.3 is 15.5 Å². The Labute approximate surface area is 215 Å². The zero-order chi connectivity index (χ0) is 28.3. The Morgan fingerprint density at radius 2 is 1.84 bits per heavy atom. The van der Waals surface area contributed by atoms with Gasteiger partial charge in [-0.2, -0.15) is 23.2 Å². The average Bonchev–Trinajstić information content (AvgIpc) is 3.18. The van der Waals surface area contributed by atoms with Gasteiger partial charge in [0.2, 0.25) is 17.7 Å². The van der Waals surface area contributed by atoms with Crippen LogP contribution in [0.3, 0.4) is 0 Å². The lowest BCUT2D eigenvalue weighted by atomic mass is 9.73. The molecule has 2 unspecified atom stereocenters. The van der Waals surface area contributed by atoms with Crippen LogP contribution < -0.4 is 15.4 Å². The molecule has 2 aliphatic heterocycles. The van der Waals surface area contributed by atoms with Crippen molar-refractivity contribution in [3.8, 4) is 6.07 Å². The minimum atomic E-state index is -5.82. The fraction of sp³-hybridized carbons (Fsp3) is 0.826. The van der Waals surface area contributed by atoms with E-state index in [0.29, 0.717) is 19.4 Å². The van der Waals surface area contributed by atoms with E-state index in [2.05, 4.69) is 10.6 Å². The molecule has 0 aromatic rings. The van der Waals surface area contributed by atoms with Crippen LogP contribution in [0.1, 0.15) is 60.3 Å². The zero-order valence-corrected chi connectivity index (χ0v) is 22.5. The lowest BCUT2D eigenvalue weighted by molar-refractivity contribution is -0.146. The Morgan fingerprint density at radius 3 is 2.30 bits per heavy atom. The molecular weight excluding hydrogens is 515 g/mol. The van der Waals surface area contributed by atoms with Gasteiger partial charge in [0.05, 0.1) is 6.07 Å². The van der Waals surface area contributed by atoms with E-state index in [1.807, 2.05) is 26.8 Å². The number of carbonyl (C=O) groups is 3. The third-order valence-electron chi connectivity index (χ3n) is 7.09. The Morgan fingerprint density at radius 1 is 1.22 bits per heavy atom. The molecule has 2 saturated heterocycles. The van der Waals surface area contributed by atoms with Crippen LogP contribution in [0, 0.1) is 34.5 Å². The normalized spacial score (nSPS) is 24.8. The average molecular weight is 552 g/mol. The molecule has 0 saturated carbocycles. The van der Waals surface area contributed by atoms with E-state index >= 15 is 0 Å². The quantitative estimate of drug-likeness (QED) is 0.418. The summed E-state index contributed by atoms with van der Waals surface area (Å²) in [6, 6.07) is -1.93. The summed E-state index contributed by atoms with van der Waals surface area (Å²) in [5.74, 6) is -3.15. The van der Waals surface area contributed by atoms with Crippen molar-refractivity contribution in [3.63, 3.8) is 0 Å². The van der Waals surface area contributed by atoms with Crippen LogP contribution in [0.4, 0.5) is 13.2 Å². The maximum atomic E-state index is 13.4. The van der Waals surface area contributed by atoms with Crippen molar-refractivity contribution >= 4 is 27.7 Å². The van der Waals surface area contributed by atoms with Gasteiger partial charge < -0.3 is 15.5 Å². The van der Waals surface area contributed by atoms with Gasteiger partial charge in [-0.25, -0.2) is 8.42 Å². The Hall–Kier alpha value is -2.40. The van der Waals surface area contributed by atoms with Crippen LogP contribution in [0.15, 0.2) is 0 Å². The number of nitrogens with one attached hydrogen (secondary N) is 3. The van der Waals surface area contributed by atoms with Gasteiger partial charge in [0.15, 0.2) is 0 Å². The first-order chi connectivity index (χ1) is 16.9. The van der Waals surface area contributed by atoms with E-state index in [9.17, 15) is 41.2 Å². The Kier molecular flexibility index (Phi) is 9.62. The van der Waals surface area contributed by atoms with Crippen LogP contribution in [0.2, 0.25) is 0 Å². The summed E-state index contributed by atoms with van der Waals surface area (Å²) in [5, 5.41) is 14.8. The van der Waals surface area contributed by atoms with Crippen molar-refractivity contribution < 1.29 is 36.0 Å². The van der Waals surface area contributed by atoms with Crippen LogP contribution in [0.25, 0.3) is 0 Å². The first kappa shape index (κ1) is 30.8. The molecule has 2 heterocycles. The molecule has 2 fully saturated rings. The molecule has 10 nitrogen and oxygen atoms in total. The molecule has 2 aliphatic rings. The third-order valence-corrected chi connectivity index (χ3v) is 8.26. The first-order valence-electron chi connectivity index (χ1n) is 12.3. The lowest BCUT2D eigenvalue weighted by Gasteiger charge is -2.44. The molecule has 0 aromatic carbocycles. The fourth-order valence-electron chi connectivity index (χ4n) is 4.71. The summed E-state index contributed by atoms with van der Waals surface area (Å²) in [5.41, 5.74) is -5.86. The van der Waals surface area contributed by atoms with Crippen molar-refractivity contribution in [1.29, 1.82) is 5.26 Å². The van der Waals surface area contributed by atoms with Gasteiger partial charge in [-0.15, -0.1) is 0 Å². The summed E-state index contributed by atoms with van der Waals surface area (Å²) in [7, 11) is -5.82. The highest BCUT2D eigenvalue weighted by Crippen LogP contribution is 2.37. The number of nitrogens with zero attached hydrogens (tertiary/aromatic N) is 2. The van der Waals surface area contributed by atoms with Crippen LogP contribution >= 0.6 is 0 Å². The molecule has 3 N–H and O–H groups in total. The van der Waals surface area contributed by atoms with Crippen molar-refractivity contribution in [1.82, 2.24) is 20.3 Å². The number of likely N-dealkylation sites (tertiary alicyclic amines) is 1. The SMILES string of the molecule is CC(C)C(NS(=O)(=O)C(F)(F)F)C(=O)N1CC[C@@H](C(C)(C)C)C[C@H]1C(=O)NC(C#N)C[C@@H]1CCNC1=O.